The summed E-state index contributed by atoms with van der Waals surface area (Å²) < 4.78 is 37.1. The number of ketones is 1. The van der Waals surface area contributed by atoms with E-state index in [-0.39, 0.29) is 51.0 Å². The molecule has 0 aromatic rings. The largest absolute Gasteiger partial charge is 0.550 e. The van der Waals surface area contributed by atoms with E-state index in [0.29, 0.717) is 6.42 Å². The fraction of sp³-hybridized carbons (Fsp3) is 0.913. The number of methoxy groups -OCH3 is 1. The van der Waals surface area contributed by atoms with Crippen molar-refractivity contribution in [3.63, 3.8) is 0 Å². The number of carbonyl (C=O) groups is 4. The Morgan fingerprint density at radius 1 is 0.955 bits per heavy atom. The highest BCUT2D eigenvalue weighted by Crippen LogP contribution is 2.40. The highest BCUT2D eigenvalue weighted by Gasteiger charge is 2.54. The SMILES string of the molecule is CC(C)(CO)[C@@H](O)C(=O)NCCC(=O)[O-].CC[C@H]1OC(=O)[C@H](C)[C@@H](O[C@H]2C[C@@](C)(OC)[C@@H](O)[C@H](C)O2)[C@H](C)[C@@H](O[C@@H]2O[C@H](C)C[C@H]([NH+](C)C)[C@H]2O)[C@](C)(O)C[C@@H](C)C(=O)[C@H](C)[C@@H](O)[C@]1(C)O. The van der Waals surface area contributed by atoms with E-state index in [1.54, 1.807) is 41.5 Å². The Bertz CT molecular complexity index is 1580. The summed E-state index contributed by atoms with van der Waals surface area (Å²) in [6.45, 7) is 19.0. The first-order valence-corrected chi connectivity index (χ1v) is 23.2. The third kappa shape index (κ3) is 14.8. The maximum absolute atomic E-state index is 14.1. The van der Waals surface area contributed by atoms with E-state index in [9.17, 15) is 54.9 Å². The van der Waals surface area contributed by atoms with Gasteiger partial charge in [0.05, 0.1) is 68.3 Å². The van der Waals surface area contributed by atoms with Crippen LogP contribution >= 0.6 is 0 Å². The zero-order valence-electron chi connectivity index (χ0n) is 41.8. The molecule has 3 aliphatic heterocycles. The van der Waals surface area contributed by atoms with Crippen LogP contribution in [0.1, 0.15) is 115 Å². The molecule has 0 unspecified atom stereocenters. The second-order valence-electron chi connectivity index (χ2n) is 20.6. The van der Waals surface area contributed by atoms with Crippen LogP contribution in [-0.2, 0) is 47.6 Å². The van der Waals surface area contributed by atoms with Gasteiger partial charge in [-0.25, -0.2) is 0 Å². The number of quaternary nitrogens is 1. The predicted molar refractivity (Wildman–Crippen MR) is 235 cm³/mol. The van der Waals surface area contributed by atoms with E-state index in [4.69, 9.17) is 33.5 Å². The molecule has 3 aliphatic rings. The van der Waals surface area contributed by atoms with Gasteiger partial charge in [-0.15, -0.1) is 0 Å². The molecule has 3 rings (SSSR count). The summed E-state index contributed by atoms with van der Waals surface area (Å²) in [5.41, 5.74) is -5.78. The molecule has 20 heteroatoms. The van der Waals surface area contributed by atoms with Crippen LogP contribution < -0.4 is 15.3 Å². The van der Waals surface area contributed by atoms with Gasteiger partial charge >= 0.3 is 5.97 Å². The molecule has 0 bridgehead atoms. The van der Waals surface area contributed by atoms with Gasteiger partial charge in [-0.2, -0.15) is 0 Å². The Morgan fingerprint density at radius 3 is 2.06 bits per heavy atom. The third-order valence-corrected chi connectivity index (χ3v) is 14.0. The molecule has 66 heavy (non-hydrogen) atoms. The molecule has 0 aliphatic carbocycles. The molecule has 0 radical (unpaired) electrons. The molecule has 386 valence electrons. The highest BCUT2D eigenvalue weighted by atomic mass is 16.7. The number of nitrogens with one attached hydrogen (secondary N) is 2. The molecule has 3 heterocycles. The van der Waals surface area contributed by atoms with E-state index < -0.39 is 131 Å². The molecule has 0 aromatic heterocycles. The number of likely N-dealkylation sites (N-methyl/N-ethyl adjacent to an activating group) is 1. The minimum atomic E-state index is -1.99. The maximum Gasteiger partial charge on any atom is 0.311 e. The molecule has 9 N–H and O–H groups in total. The number of aliphatic hydroxyl groups excluding tert-OH is 5. The summed E-state index contributed by atoms with van der Waals surface area (Å²) in [6.07, 6.45) is -11.2. The lowest BCUT2D eigenvalue weighted by Crippen LogP contribution is -3.12. The number of amides is 1. The van der Waals surface area contributed by atoms with Gasteiger partial charge in [-0.1, -0.05) is 41.5 Å². The smallest absolute Gasteiger partial charge is 0.311 e. The van der Waals surface area contributed by atoms with Crippen LogP contribution in [0.4, 0.5) is 0 Å². The monoisotopic (exact) mass is 953 g/mol. The van der Waals surface area contributed by atoms with Crippen molar-refractivity contribution < 1.29 is 93.4 Å². The number of aliphatic hydroxyl groups is 7. The molecular weight excluding hydrogens is 869 g/mol. The van der Waals surface area contributed by atoms with Gasteiger partial charge in [0.1, 0.15) is 35.7 Å². The summed E-state index contributed by atoms with van der Waals surface area (Å²) in [5.74, 6) is -6.92. The Kier molecular flexibility index (Phi) is 22.1. The van der Waals surface area contributed by atoms with Gasteiger partial charge in [-0.3, -0.25) is 14.4 Å². The standard InChI is InChI=1S/C37H67NO13.C9H17NO5/c1-14-25-37(10,45)30(41)20(4)27(39)18(2)16-35(8,44)32(51-34-28(40)24(38(11)12)15-19(3)47-34)21(5)29(22(6)33(43)49-25)50-26-17-36(9,46-13)31(42)23(7)48-26;1-9(2,5-11)7(14)8(15)10-4-3-6(12)13/h18-26,28-32,34,40-42,44-45H,14-17H2,1-13H3;7,11,14H,3-5H2,1-2H3,(H,10,15)(H,12,13)/t18-,19-,20+,21+,22-,23+,24+,25-,26+,28-,29+,30-,31+,32-,34+,35-,36-,37-;7-/m10/s1. The van der Waals surface area contributed by atoms with Crippen molar-refractivity contribution in [1.82, 2.24) is 5.32 Å². The molecule has 0 aromatic carbocycles. The number of carboxylic acids is 1. The topological polar surface area (TPSA) is 305 Å². The number of hydrogen-bond donors (Lipinski definition) is 9. The van der Waals surface area contributed by atoms with Crippen LogP contribution in [0.5, 0.6) is 0 Å². The second kappa shape index (κ2) is 24.4. The van der Waals surface area contributed by atoms with Crippen LogP contribution in [0.25, 0.3) is 0 Å². The highest BCUT2D eigenvalue weighted by molar-refractivity contribution is 5.83. The summed E-state index contributed by atoms with van der Waals surface area (Å²) in [7, 11) is 5.34. The first kappa shape index (κ1) is 59.7. The Labute approximate surface area is 390 Å². The lowest BCUT2D eigenvalue weighted by Gasteiger charge is -2.48. The van der Waals surface area contributed by atoms with E-state index in [1.807, 2.05) is 21.0 Å². The molecular formula is C46H84N2O18. The number of hydrogen-bond acceptors (Lipinski definition) is 18. The van der Waals surface area contributed by atoms with E-state index in [2.05, 4.69) is 5.32 Å². The van der Waals surface area contributed by atoms with Gasteiger partial charge in [0, 0.05) is 62.1 Å². The lowest BCUT2D eigenvalue weighted by atomic mass is 9.74. The molecule has 19 atom stereocenters. The van der Waals surface area contributed by atoms with E-state index in [0.717, 1.165) is 4.90 Å². The van der Waals surface area contributed by atoms with E-state index in [1.165, 1.54) is 41.7 Å². The van der Waals surface area contributed by atoms with Crippen LogP contribution in [0.2, 0.25) is 0 Å². The molecule has 1 amide bonds. The van der Waals surface area contributed by atoms with Crippen LogP contribution in [0.3, 0.4) is 0 Å². The average Bonchev–Trinajstić information content (AvgIpc) is 3.24. The number of aliphatic carboxylic acids is 1. The summed E-state index contributed by atoms with van der Waals surface area (Å²) in [4.78, 5) is 50.2. The Morgan fingerprint density at radius 2 is 1.55 bits per heavy atom. The summed E-state index contributed by atoms with van der Waals surface area (Å²) >= 11 is 0. The molecule has 3 fully saturated rings. The normalized spacial score (nSPS) is 41.5. The van der Waals surface area contributed by atoms with Crippen molar-refractivity contribution in [2.45, 2.75) is 206 Å². The quantitative estimate of drug-likeness (QED) is 0.0902. The van der Waals surface area contributed by atoms with Gasteiger partial charge in [0.15, 0.2) is 18.7 Å². The number of Topliss-reactive ketones (excluding diaryl/α,β-unsaturated/α-hetero) is 1. The first-order valence-electron chi connectivity index (χ1n) is 23.2. The first-order chi connectivity index (χ1) is 30.2. The number of rotatable bonds is 13. The van der Waals surface area contributed by atoms with Crippen LogP contribution in [0.15, 0.2) is 0 Å². The predicted octanol–water partition coefficient (Wildman–Crippen LogP) is -2.01. The number of ether oxygens (including phenoxy) is 6. The van der Waals surface area contributed by atoms with Gasteiger partial charge < -0.3 is 84.3 Å². The minimum absolute atomic E-state index is 0.0963. The van der Waals surface area contributed by atoms with Crippen molar-refractivity contribution in [3.8, 4) is 0 Å². The average molecular weight is 953 g/mol. The van der Waals surface area contributed by atoms with Gasteiger partial charge in [-0.05, 0) is 54.4 Å². The van der Waals surface area contributed by atoms with Crippen molar-refractivity contribution >= 4 is 23.6 Å². The Balaban J connectivity index is 0.000000850. The van der Waals surface area contributed by atoms with Crippen molar-refractivity contribution in [2.75, 3.05) is 34.4 Å². The summed E-state index contributed by atoms with van der Waals surface area (Å²) in [5, 5.41) is 88.3. The third-order valence-electron chi connectivity index (χ3n) is 14.0. The van der Waals surface area contributed by atoms with Crippen molar-refractivity contribution in [3.05, 3.63) is 0 Å². The number of carbonyl (C=O) groups excluding carboxylic acids is 4. The second-order valence-corrected chi connectivity index (χ2v) is 20.6. The molecule has 3 saturated heterocycles. The lowest BCUT2D eigenvalue weighted by molar-refractivity contribution is -0.893. The van der Waals surface area contributed by atoms with Gasteiger partial charge in [0.2, 0.25) is 5.91 Å². The van der Waals surface area contributed by atoms with Gasteiger partial charge in [0.25, 0.3) is 0 Å². The van der Waals surface area contributed by atoms with E-state index >= 15 is 0 Å². The minimum Gasteiger partial charge on any atom is -0.550 e. The number of carboxylic acid groups (broad SMARTS) is 1. The fourth-order valence-corrected chi connectivity index (χ4v) is 9.32. The number of cyclic esters (lactones) is 1. The van der Waals surface area contributed by atoms with Crippen LogP contribution in [0, 0.1) is 29.1 Å². The molecule has 20 nitrogen and oxygen atoms in total. The Hall–Kier alpha value is -2.44. The van der Waals surface area contributed by atoms with Crippen molar-refractivity contribution in [1.29, 1.82) is 0 Å². The summed E-state index contributed by atoms with van der Waals surface area (Å²) in [6, 6.07) is -0.240. The number of esters is 1. The van der Waals surface area contributed by atoms with Crippen LogP contribution in [-0.4, -0.2) is 184 Å². The van der Waals surface area contributed by atoms with Crippen molar-refractivity contribution in [2.24, 2.45) is 29.1 Å². The maximum atomic E-state index is 14.1. The zero-order valence-corrected chi connectivity index (χ0v) is 41.8. The fourth-order valence-electron chi connectivity index (χ4n) is 9.32. The zero-order chi connectivity index (χ0) is 51.0. The molecule has 0 spiro atoms. The molecule has 0 saturated carbocycles.